The van der Waals surface area contributed by atoms with Crippen molar-refractivity contribution in [1.82, 2.24) is 15.5 Å². The molecule has 4 nitrogen and oxygen atoms in total. The fraction of sp³-hybridized carbons (Fsp3) is 0.526. The lowest BCUT2D eigenvalue weighted by atomic mass is 10.0. The van der Waals surface area contributed by atoms with E-state index in [2.05, 4.69) is 59.6 Å². The first-order valence-electron chi connectivity index (χ1n) is 8.51. The first kappa shape index (κ1) is 20.8. The molecule has 0 radical (unpaired) electrons. The van der Waals surface area contributed by atoms with Crippen LogP contribution >= 0.6 is 24.0 Å². The van der Waals surface area contributed by atoms with Crippen molar-refractivity contribution in [2.24, 2.45) is 4.99 Å². The average Bonchev–Trinajstić information content (AvgIpc) is 3.08. The zero-order valence-corrected chi connectivity index (χ0v) is 17.0. The Morgan fingerprint density at radius 2 is 1.92 bits per heavy atom. The number of nitrogens with zero attached hydrogens (tertiary/aromatic N) is 2. The van der Waals surface area contributed by atoms with Crippen molar-refractivity contribution in [3.8, 4) is 12.3 Å². The van der Waals surface area contributed by atoms with Crippen molar-refractivity contribution in [2.45, 2.75) is 32.7 Å². The Balaban J connectivity index is 0.00000288. The highest BCUT2D eigenvalue weighted by Gasteiger charge is 2.23. The molecule has 5 heteroatoms. The van der Waals surface area contributed by atoms with Crippen LogP contribution in [0.3, 0.4) is 0 Å². The standard InChI is InChI=1S/C19H28N4.HI/c1-4-12-21-19(20-5-2)22-15-18(23-13-6-7-14-23)17-10-8-16(3)9-11-17;/h1,8-11,18H,5-7,12-15H2,2-3H3,(H2,20,21,22);1H. The van der Waals surface area contributed by atoms with Gasteiger partial charge in [-0.2, -0.15) is 0 Å². The van der Waals surface area contributed by atoms with E-state index in [0.29, 0.717) is 12.6 Å². The molecule has 0 bridgehead atoms. The smallest absolute Gasteiger partial charge is 0.192 e. The van der Waals surface area contributed by atoms with E-state index < -0.39 is 0 Å². The predicted molar refractivity (Wildman–Crippen MR) is 113 cm³/mol. The van der Waals surface area contributed by atoms with Gasteiger partial charge in [-0.15, -0.1) is 30.4 Å². The van der Waals surface area contributed by atoms with Crippen LogP contribution in [0.2, 0.25) is 0 Å². The molecular weight excluding hydrogens is 411 g/mol. The Kier molecular flexibility index (Phi) is 9.80. The molecule has 1 aromatic carbocycles. The summed E-state index contributed by atoms with van der Waals surface area (Å²) in [5, 5.41) is 6.41. The van der Waals surface area contributed by atoms with Gasteiger partial charge in [0.25, 0.3) is 0 Å². The van der Waals surface area contributed by atoms with E-state index in [0.717, 1.165) is 32.1 Å². The van der Waals surface area contributed by atoms with Gasteiger partial charge in [0.15, 0.2) is 5.96 Å². The average molecular weight is 440 g/mol. The van der Waals surface area contributed by atoms with E-state index in [1.54, 1.807) is 0 Å². The number of aryl methyl sites for hydroxylation is 1. The maximum absolute atomic E-state index is 5.33. The third kappa shape index (κ3) is 6.33. The molecular formula is C19H29IN4. The molecule has 1 saturated heterocycles. The van der Waals surface area contributed by atoms with Crippen LogP contribution < -0.4 is 10.6 Å². The molecule has 0 aromatic heterocycles. The summed E-state index contributed by atoms with van der Waals surface area (Å²) in [4.78, 5) is 7.29. The van der Waals surface area contributed by atoms with Gasteiger partial charge in [0.1, 0.15) is 0 Å². The molecule has 2 rings (SSSR count). The number of benzene rings is 1. The molecule has 0 spiro atoms. The minimum absolute atomic E-state index is 0. The number of rotatable bonds is 6. The fourth-order valence-electron chi connectivity index (χ4n) is 2.93. The number of hydrogen-bond acceptors (Lipinski definition) is 2. The lowest BCUT2D eigenvalue weighted by Gasteiger charge is -2.27. The van der Waals surface area contributed by atoms with Crippen molar-refractivity contribution in [2.75, 3.05) is 32.7 Å². The second-order valence-electron chi connectivity index (χ2n) is 5.95. The summed E-state index contributed by atoms with van der Waals surface area (Å²) in [6.45, 7) is 8.55. The molecule has 0 amide bonds. The third-order valence-corrected chi connectivity index (χ3v) is 4.17. The van der Waals surface area contributed by atoms with Crippen LogP contribution in [0.15, 0.2) is 29.3 Å². The first-order valence-corrected chi connectivity index (χ1v) is 8.51. The number of nitrogens with one attached hydrogen (secondary N) is 2. The van der Waals surface area contributed by atoms with Crippen LogP contribution in [0.25, 0.3) is 0 Å². The van der Waals surface area contributed by atoms with Gasteiger partial charge < -0.3 is 10.6 Å². The normalized spacial score (nSPS) is 16.1. The summed E-state index contributed by atoms with van der Waals surface area (Å²) in [7, 11) is 0. The molecule has 1 unspecified atom stereocenters. The minimum Gasteiger partial charge on any atom is -0.357 e. The van der Waals surface area contributed by atoms with Gasteiger partial charge in [0, 0.05) is 6.54 Å². The molecule has 1 heterocycles. The van der Waals surface area contributed by atoms with Crippen molar-refractivity contribution < 1.29 is 0 Å². The van der Waals surface area contributed by atoms with Crippen LogP contribution in [0.1, 0.15) is 36.9 Å². The number of halogens is 1. The highest BCUT2D eigenvalue weighted by atomic mass is 127. The molecule has 1 aliphatic rings. The number of guanidine groups is 1. The fourth-order valence-corrected chi connectivity index (χ4v) is 2.93. The van der Waals surface area contributed by atoms with Crippen molar-refractivity contribution in [3.05, 3.63) is 35.4 Å². The highest BCUT2D eigenvalue weighted by molar-refractivity contribution is 14.0. The van der Waals surface area contributed by atoms with E-state index in [1.165, 1.54) is 24.0 Å². The van der Waals surface area contributed by atoms with Gasteiger partial charge in [0.2, 0.25) is 0 Å². The number of aliphatic imine (C=N–C) groups is 1. The van der Waals surface area contributed by atoms with Gasteiger partial charge >= 0.3 is 0 Å². The van der Waals surface area contributed by atoms with Crippen LogP contribution in [0, 0.1) is 19.3 Å². The summed E-state index contributed by atoms with van der Waals surface area (Å²) in [6.07, 6.45) is 7.89. The Bertz CT molecular complexity index is 541. The van der Waals surface area contributed by atoms with E-state index in [9.17, 15) is 0 Å². The predicted octanol–water partition coefficient (Wildman–Crippen LogP) is 2.94. The molecule has 1 atom stereocenters. The Morgan fingerprint density at radius 3 is 2.50 bits per heavy atom. The van der Waals surface area contributed by atoms with E-state index in [-0.39, 0.29) is 24.0 Å². The summed E-state index contributed by atoms with van der Waals surface area (Å²) in [6, 6.07) is 9.17. The highest BCUT2D eigenvalue weighted by Crippen LogP contribution is 2.25. The molecule has 0 aliphatic carbocycles. The summed E-state index contributed by atoms with van der Waals surface area (Å²) < 4.78 is 0. The van der Waals surface area contributed by atoms with Crippen LogP contribution in [-0.4, -0.2) is 43.6 Å². The third-order valence-electron chi connectivity index (χ3n) is 4.17. The van der Waals surface area contributed by atoms with Crippen molar-refractivity contribution in [3.63, 3.8) is 0 Å². The monoisotopic (exact) mass is 440 g/mol. The molecule has 2 N–H and O–H groups in total. The molecule has 132 valence electrons. The number of hydrogen-bond donors (Lipinski definition) is 2. The lowest BCUT2D eigenvalue weighted by Crippen LogP contribution is -2.38. The second kappa shape index (κ2) is 11.3. The SMILES string of the molecule is C#CCNC(=NCC(c1ccc(C)cc1)N1CCCC1)NCC.I. The molecule has 1 aromatic rings. The molecule has 1 aliphatic heterocycles. The zero-order valence-electron chi connectivity index (χ0n) is 14.7. The summed E-state index contributed by atoms with van der Waals surface area (Å²) in [5.41, 5.74) is 2.63. The van der Waals surface area contributed by atoms with E-state index in [4.69, 9.17) is 11.4 Å². The quantitative estimate of drug-likeness (QED) is 0.309. The molecule has 1 fully saturated rings. The Morgan fingerprint density at radius 1 is 1.25 bits per heavy atom. The minimum atomic E-state index is 0. The van der Waals surface area contributed by atoms with Crippen LogP contribution in [0.5, 0.6) is 0 Å². The van der Waals surface area contributed by atoms with Crippen molar-refractivity contribution in [1.29, 1.82) is 0 Å². The van der Waals surface area contributed by atoms with Gasteiger partial charge in [-0.05, 0) is 45.3 Å². The number of likely N-dealkylation sites (tertiary alicyclic amines) is 1. The van der Waals surface area contributed by atoms with E-state index in [1.807, 2.05) is 0 Å². The van der Waals surface area contributed by atoms with Gasteiger partial charge in [0.05, 0.1) is 19.1 Å². The molecule has 24 heavy (non-hydrogen) atoms. The zero-order chi connectivity index (χ0) is 16.5. The van der Waals surface area contributed by atoms with E-state index >= 15 is 0 Å². The molecule has 0 saturated carbocycles. The van der Waals surface area contributed by atoms with Crippen molar-refractivity contribution >= 4 is 29.9 Å². The summed E-state index contributed by atoms with van der Waals surface area (Å²) >= 11 is 0. The van der Waals surface area contributed by atoms with Crippen LogP contribution in [0.4, 0.5) is 0 Å². The van der Waals surface area contributed by atoms with Gasteiger partial charge in [-0.3, -0.25) is 9.89 Å². The van der Waals surface area contributed by atoms with Gasteiger partial charge in [-0.25, -0.2) is 0 Å². The number of terminal acetylenes is 1. The van der Waals surface area contributed by atoms with Crippen LogP contribution in [-0.2, 0) is 0 Å². The summed E-state index contributed by atoms with van der Waals surface area (Å²) in [5.74, 6) is 3.39. The maximum Gasteiger partial charge on any atom is 0.192 e. The first-order chi connectivity index (χ1) is 11.2. The maximum atomic E-state index is 5.33. The lowest BCUT2D eigenvalue weighted by molar-refractivity contribution is 0.251. The van der Waals surface area contributed by atoms with Gasteiger partial charge in [-0.1, -0.05) is 35.7 Å². The second-order valence-corrected chi connectivity index (χ2v) is 5.95. The Hall–Kier alpha value is -1.26. The largest absolute Gasteiger partial charge is 0.357 e. The Labute approximate surface area is 163 Å². The topological polar surface area (TPSA) is 39.7 Å².